The predicted molar refractivity (Wildman–Crippen MR) is 145 cm³/mol. The molecule has 0 aliphatic rings. The zero-order chi connectivity index (χ0) is 26.1. The fourth-order valence-corrected chi connectivity index (χ4v) is 4.44. The van der Waals surface area contributed by atoms with Gasteiger partial charge in [0, 0.05) is 12.1 Å². The largest absolute Gasteiger partial charge is 0.387 e. The maximum absolute atomic E-state index is 12.6. The van der Waals surface area contributed by atoms with Gasteiger partial charge in [0.15, 0.2) is 0 Å². The molecule has 0 bridgehead atoms. The van der Waals surface area contributed by atoms with Crippen molar-refractivity contribution in [2.24, 2.45) is 5.92 Å². The number of aryl methyl sites for hydroxylation is 1. The van der Waals surface area contributed by atoms with Crippen molar-refractivity contribution in [2.75, 3.05) is 19.3 Å². The predicted octanol–water partition coefficient (Wildman–Crippen LogP) is 4.50. The average molecular weight is 509 g/mol. The highest BCUT2D eigenvalue weighted by Crippen LogP contribution is 2.25. The molecule has 0 unspecified atom stereocenters. The zero-order valence-corrected chi connectivity index (χ0v) is 22.0. The summed E-state index contributed by atoms with van der Waals surface area (Å²) in [6.07, 6.45) is 2.88. The number of aliphatic hydroxyl groups excluding tert-OH is 1. The molecule has 6 nitrogen and oxygen atoms in total. The van der Waals surface area contributed by atoms with Crippen molar-refractivity contribution < 1.29 is 18.3 Å². The van der Waals surface area contributed by atoms with Crippen LogP contribution in [-0.4, -0.2) is 38.8 Å². The van der Waals surface area contributed by atoms with Gasteiger partial charge in [0.2, 0.25) is 10.0 Å². The normalized spacial score (nSPS) is 12.5. The first-order valence-corrected chi connectivity index (χ1v) is 14.2. The standard InChI is InChI=1S/C29H36N2O4S/c1-21(2)9-12-26-19-25(15-16-27(26)29(33)31-36(3,34)35)23-13-10-22(11-14-23)17-18-30-20-28(32)24-7-5-4-6-8-24/h4-8,10-11,13-16,19,21,28,30,32H,9,12,17-18,20H2,1-3H3,(H,31,33)/t28-/m1/s1. The monoisotopic (exact) mass is 508 g/mol. The van der Waals surface area contributed by atoms with Gasteiger partial charge < -0.3 is 10.4 Å². The van der Waals surface area contributed by atoms with E-state index in [9.17, 15) is 18.3 Å². The van der Waals surface area contributed by atoms with E-state index in [0.29, 0.717) is 24.4 Å². The Hall–Kier alpha value is -3.00. The lowest BCUT2D eigenvalue weighted by molar-refractivity contribution is 0.0980. The van der Waals surface area contributed by atoms with Gasteiger partial charge in [-0.2, -0.15) is 0 Å². The van der Waals surface area contributed by atoms with Crippen molar-refractivity contribution in [2.45, 2.75) is 39.2 Å². The summed E-state index contributed by atoms with van der Waals surface area (Å²) in [5.74, 6) is -0.135. The minimum Gasteiger partial charge on any atom is -0.387 e. The highest BCUT2D eigenvalue weighted by Gasteiger charge is 2.16. The molecular weight excluding hydrogens is 472 g/mol. The first-order chi connectivity index (χ1) is 17.1. The third kappa shape index (κ3) is 8.59. The van der Waals surface area contributed by atoms with Crippen LogP contribution >= 0.6 is 0 Å². The fraction of sp³-hybridized carbons (Fsp3) is 0.345. The number of sulfonamides is 1. The van der Waals surface area contributed by atoms with Crippen molar-refractivity contribution in [3.63, 3.8) is 0 Å². The minimum absolute atomic E-state index is 0.394. The van der Waals surface area contributed by atoms with Gasteiger partial charge in [-0.1, -0.05) is 80.6 Å². The van der Waals surface area contributed by atoms with Gasteiger partial charge in [-0.25, -0.2) is 13.1 Å². The molecule has 192 valence electrons. The fourth-order valence-electron chi connectivity index (χ4n) is 4.00. The van der Waals surface area contributed by atoms with Crippen LogP contribution in [0.4, 0.5) is 0 Å². The average Bonchev–Trinajstić information content (AvgIpc) is 2.85. The van der Waals surface area contributed by atoms with E-state index in [0.717, 1.165) is 47.9 Å². The van der Waals surface area contributed by atoms with Crippen LogP contribution in [0.25, 0.3) is 11.1 Å². The van der Waals surface area contributed by atoms with E-state index in [1.807, 2.05) is 42.5 Å². The maximum atomic E-state index is 12.6. The van der Waals surface area contributed by atoms with Gasteiger partial charge in [-0.15, -0.1) is 0 Å². The van der Waals surface area contributed by atoms with Crippen molar-refractivity contribution in [1.82, 2.24) is 10.0 Å². The molecule has 0 fully saturated rings. The Balaban J connectivity index is 1.64. The van der Waals surface area contributed by atoms with Gasteiger partial charge in [-0.3, -0.25) is 4.79 Å². The highest BCUT2D eigenvalue weighted by molar-refractivity contribution is 7.89. The van der Waals surface area contributed by atoms with Crippen molar-refractivity contribution >= 4 is 15.9 Å². The summed E-state index contributed by atoms with van der Waals surface area (Å²) < 4.78 is 25.2. The van der Waals surface area contributed by atoms with E-state index >= 15 is 0 Å². The number of benzene rings is 3. The van der Waals surface area contributed by atoms with Gasteiger partial charge in [0.05, 0.1) is 12.4 Å². The van der Waals surface area contributed by atoms with Crippen LogP contribution in [0.3, 0.4) is 0 Å². The maximum Gasteiger partial charge on any atom is 0.264 e. The lowest BCUT2D eigenvalue weighted by Gasteiger charge is -2.14. The van der Waals surface area contributed by atoms with Gasteiger partial charge >= 0.3 is 0 Å². The molecule has 36 heavy (non-hydrogen) atoms. The molecule has 1 amide bonds. The molecule has 1 atom stereocenters. The summed E-state index contributed by atoms with van der Waals surface area (Å²) in [5, 5.41) is 13.6. The van der Waals surface area contributed by atoms with Crippen LogP contribution in [0.15, 0.2) is 72.8 Å². The molecule has 0 spiro atoms. The van der Waals surface area contributed by atoms with Crippen LogP contribution in [0.1, 0.15) is 53.4 Å². The van der Waals surface area contributed by atoms with E-state index in [1.165, 1.54) is 5.56 Å². The molecule has 3 N–H and O–H groups in total. The first kappa shape index (κ1) is 27.6. The molecule has 0 radical (unpaired) electrons. The second-order valence-electron chi connectivity index (χ2n) is 9.59. The summed E-state index contributed by atoms with van der Waals surface area (Å²) in [5.41, 5.74) is 5.34. The van der Waals surface area contributed by atoms with E-state index in [-0.39, 0.29) is 0 Å². The summed E-state index contributed by atoms with van der Waals surface area (Å²) in [6.45, 7) is 5.50. The third-order valence-electron chi connectivity index (χ3n) is 6.02. The molecule has 0 aliphatic heterocycles. The molecule has 0 saturated carbocycles. The summed E-state index contributed by atoms with van der Waals surface area (Å²) >= 11 is 0. The number of rotatable bonds is 12. The molecule has 3 aromatic rings. The molecule has 0 saturated heterocycles. The van der Waals surface area contributed by atoms with Crippen molar-refractivity contribution in [3.05, 3.63) is 95.1 Å². The van der Waals surface area contributed by atoms with Crippen molar-refractivity contribution in [3.8, 4) is 11.1 Å². The van der Waals surface area contributed by atoms with Crippen LogP contribution < -0.4 is 10.0 Å². The number of amides is 1. The van der Waals surface area contributed by atoms with E-state index in [4.69, 9.17) is 0 Å². The van der Waals surface area contributed by atoms with Crippen LogP contribution in [0, 0.1) is 5.92 Å². The van der Waals surface area contributed by atoms with Gasteiger partial charge in [0.1, 0.15) is 0 Å². The van der Waals surface area contributed by atoms with E-state index in [2.05, 4.69) is 48.2 Å². The molecular formula is C29H36N2O4S. The van der Waals surface area contributed by atoms with Crippen LogP contribution in [0.2, 0.25) is 0 Å². The molecule has 0 heterocycles. The highest BCUT2D eigenvalue weighted by atomic mass is 32.2. The molecule has 3 rings (SSSR count). The van der Waals surface area contributed by atoms with Gasteiger partial charge in [0.25, 0.3) is 5.91 Å². The summed E-state index contributed by atoms with van der Waals surface area (Å²) in [6, 6.07) is 23.5. The second kappa shape index (κ2) is 12.8. The Bertz CT molecular complexity index is 1240. The Morgan fingerprint density at radius 1 is 0.917 bits per heavy atom. The molecule has 7 heteroatoms. The molecule has 0 aromatic heterocycles. The number of aliphatic hydroxyl groups is 1. The molecule has 0 aliphatic carbocycles. The number of hydrogen-bond donors (Lipinski definition) is 3. The number of carbonyl (C=O) groups excluding carboxylic acids is 1. The summed E-state index contributed by atoms with van der Waals surface area (Å²) in [7, 11) is -3.63. The summed E-state index contributed by atoms with van der Waals surface area (Å²) in [4.78, 5) is 12.6. The Morgan fingerprint density at radius 2 is 1.58 bits per heavy atom. The lowest BCUT2D eigenvalue weighted by atomic mass is 9.93. The SMILES string of the molecule is CC(C)CCc1cc(-c2ccc(CCNC[C@@H](O)c3ccccc3)cc2)ccc1C(=O)NS(C)(=O)=O. The van der Waals surface area contributed by atoms with E-state index in [1.54, 1.807) is 6.07 Å². The van der Waals surface area contributed by atoms with Crippen LogP contribution in [0.5, 0.6) is 0 Å². The lowest BCUT2D eigenvalue weighted by Crippen LogP contribution is -2.30. The van der Waals surface area contributed by atoms with E-state index < -0.39 is 22.0 Å². The Morgan fingerprint density at radius 3 is 2.22 bits per heavy atom. The van der Waals surface area contributed by atoms with Crippen molar-refractivity contribution in [1.29, 1.82) is 0 Å². The smallest absolute Gasteiger partial charge is 0.264 e. The topological polar surface area (TPSA) is 95.5 Å². The minimum atomic E-state index is -3.63. The zero-order valence-electron chi connectivity index (χ0n) is 21.2. The number of hydrogen-bond acceptors (Lipinski definition) is 5. The quantitative estimate of drug-likeness (QED) is 0.313. The Kier molecular flexibility index (Phi) is 9.81. The third-order valence-corrected chi connectivity index (χ3v) is 6.57. The number of nitrogens with one attached hydrogen (secondary N) is 2. The van der Waals surface area contributed by atoms with Gasteiger partial charge in [-0.05, 0) is 65.6 Å². The Labute approximate surface area is 214 Å². The first-order valence-electron chi connectivity index (χ1n) is 12.3. The molecule has 3 aromatic carbocycles. The number of carbonyl (C=O) groups is 1. The second-order valence-corrected chi connectivity index (χ2v) is 11.3. The van der Waals surface area contributed by atoms with Crippen LogP contribution in [-0.2, 0) is 22.9 Å².